The summed E-state index contributed by atoms with van der Waals surface area (Å²) in [6, 6.07) is 10.3. The highest BCUT2D eigenvalue weighted by atomic mass is 28.4. The Labute approximate surface area is 142 Å². The van der Waals surface area contributed by atoms with Crippen molar-refractivity contribution in [3.05, 3.63) is 35.9 Å². The van der Waals surface area contributed by atoms with Crippen LogP contribution in [0.1, 0.15) is 39.2 Å². The van der Waals surface area contributed by atoms with E-state index in [1.165, 1.54) is 5.56 Å². The molecule has 0 N–H and O–H groups in total. The van der Waals surface area contributed by atoms with Crippen molar-refractivity contribution < 1.29 is 13.9 Å². The number of hydrogen-bond donors (Lipinski definition) is 0. The summed E-state index contributed by atoms with van der Waals surface area (Å²) in [7, 11) is -1.70. The molecule has 0 aliphatic carbocycles. The first kappa shape index (κ1) is 18.7. The maximum atomic E-state index is 6.44. The van der Waals surface area contributed by atoms with Gasteiger partial charge in [-0.15, -0.1) is 0 Å². The van der Waals surface area contributed by atoms with Crippen molar-refractivity contribution >= 4 is 8.32 Å². The summed E-state index contributed by atoms with van der Waals surface area (Å²) >= 11 is 0. The fraction of sp³-hybridized carbons (Fsp3) is 0.684. The number of ether oxygens (including phenoxy) is 2. The molecule has 0 amide bonds. The van der Waals surface area contributed by atoms with Crippen LogP contribution in [0.4, 0.5) is 0 Å². The number of rotatable bonds is 6. The zero-order chi connectivity index (χ0) is 16.9. The smallest absolute Gasteiger partial charge is 0.192 e. The van der Waals surface area contributed by atoms with Crippen molar-refractivity contribution in [3.63, 3.8) is 0 Å². The second kappa shape index (κ2) is 7.93. The molecule has 1 aliphatic rings. The van der Waals surface area contributed by atoms with Crippen LogP contribution >= 0.6 is 0 Å². The van der Waals surface area contributed by atoms with Gasteiger partial charge < -0.3 is 13.9 Å². The van der Waals surface area contributed by atoms with Gasteiger partial charge in [0.1, 0.15) is 0 Å². The lowest BCUT2D eigenvalue weighted by atomic mass is 10.1. The summed E-state index contributed by atoms with van der Waals surface area (Å²) in [6.07, 6.45) is 2.55. The van der Waals surface area contributed by atoms with Crippen molar-refractivity contribution in [2.45, 2.75) is 70.6 Å². The molecule has 1 fully saturated rings. The van der Waals surface area contributed by atoms with Crippen LogP contribution < -0.4 is 0 Å². The molecule has 130 valence electrons. The largest absolute Gasteiger partial charge is 0.412 e. The van der Waals surface area contributed by atoms with Crippen LogP contribution in [-0.2, 0) is 20.5 Å². The fourth-order valence-corrected chi connectivity index (χ4v) is 3.85. The fourth-order valence-electron chi connectivity index (χ4n) is 2.48. The molecule has 0 radical (unpaired) electrons. The van der Waals surface area contributed by atoms with E-state index in [2.05, 4.69) is 46.0 Å². The van der Waals surface area contributed by atoms with E-state index < -0.39 is 8.32 Å². The Morgan fingerprint density at radius 2 is 1.83 bits per heavy atom. The van der Waals surface area contributed by atoms with Crippen LogP contribution in [0, 0.1) is 0 Å². The number of hydrogen-bond acceptors (Lipinski definition) is 3. The third-order valence-corrected chi connectivity index (χ3v) is 9.55. The molecule has 2 atom stereocenters. The maximum absolute atomic E-state index is 6.44. The highest BCUT2D eigenvalue weighted by Gasteiger charge is 2.40. The van der Waals surface area contributed by atoms with E-state index in [0.29, 0.717) is 19.8 Å². The molecule has 1 aromatic rings. The first-order valence-corrected chi connectivity index (χ1v) is 11.6. The molecule has 0 bridgehead atoms. The molecule has 0 saturated carbocycles. The van der Waals surface area contributed by atoms with Gasteiger partial charge in [-0.25, -0.2) is 0 Å². The summed E-state index contributed by atoms with van der Waals surface area (Å²) in [5.74, 6) is 0. The molecule has 0 unspecified atom stereocenters. The Balaban J connectivity index is 1.68. The van der Waals surface area contributed by atoms with Gasteiger partial charge in [-0.2, -0.15) is 0 Å². The third kappa shape index (κ3) is 5.71. The van der Waals surface area contributed by atoms with E-state index in [9.17, 15) is 0 Å². The predicted molar refractivity (Wildman–Crippen MR) is 97.1 cm³/mol. The molecule has 1 heterocycles. The molecule has 1 saturated heterocycles. The summed E-state index contributed by atoms with van der Waals surface area (Å²) < 4.78 is 18.2. The topological polar surface area (TPSA) is 27.7 Å². The van der Waals surface area contributed by atoms with E-state index in [1.807, 2.05) is 18.2 Å². The maximum Gasteiger partial charge on any atom is 0.192 e. The lowest BCUT2D eigenvalue weighted by Crippen LogP contribution is -2.47. The van der Waals surface area contributed by atoms with Gasteiger partial charge in [-0.1, -0.05) is 51.1 Å². The molecule has 4 heteroatoms. The average molecular weight is 337 g/mol. The summed E-state index contributed by atoms with van der Waals surface area (Å²) in [4.78, 5) is 0. The van der Waals surface area contributed by atoms with Gasteiger partial charge in [-0.05, 0) is 36.5 Å². The van der Waals surface area contributed by atoms with E-state index >= 15 is 0 Å². The van der Waals surface area contributed by atoms with Gasteiger partial charge >= 0.3 is 0 Å². The molecular weight excluding hydrogens is 304 g/mol. The Morgan fingerprint density at radius 1 is 1.13 bits per heavy atom. The van der Waals surface area contributed by atoms with E-state index in [0.717, 1.165) is 12.8 Å². The SMILES string of the molecule is CC(C)(C)[Si](C)(C)O[C@@H]1CC[C@@H](COCc2ccccc2)OC1. The summed E-state index contributed by atoms with van der Waals surface area (Å²) in [5.41, 5.74) is 1.21. The Bertz CT molecular complexity index is 459. The highest BCUT2D eigenvalue weighted by molar-refractivity contribution is 6.74. The lowest BCUT2D eigenvalue weighted by molar-refractivity contribution is -0.0845. The van der Waals surface area contributed by atoms with Crippen LogP contribution in [0.25, 0.3) is 0 Å². The Kier molecular flexibility index (Phi) is 6.43. The molecule has 1 aliphatic heterocycles. The second-order valence-electron chi connectivity index (χ2n) is 8.03. The van der Waals surface area contributed by atoms with Gasteiger partial charge in [0.05, 0.1) is 32.0 Å². The summed E-state index contributed by atoms with van der Waals surface area (Å²) in [6.45, 7) is 13.5. The quantitative estimate of drug-likeness (QED) is 0.700. The van der Waals surface area contributed by atoms with Crippen molar-refractivity contribution in [3.8, 4) is 0 Å². The Hall–Kier alpha value is -0.683. The van der Waals surface area contributed by atoms with Crippen LogP contribution in [-0.4, -0.2) is 33.7 Å². The molecule has 2 rings (SSSR count). The number of benzene rings is 1. The van der Waals surface area contributed by atoms with Crippen LogP contribution in [0.5, 0.6) is 0 Å². The van der Waals surface area contributed by atoms with Crippen molar-refractivity contribution in [1.82, 2.24) is 0 Å². The van der Waals surface area contributed by atoms with Gasteiger partial charge in [-0.3, -0.25) is 0 Å². The van der Waals surface area contributed by atoms with Gasteiger partial charge in [0, 0.05) is 0 Å². The minimum absolute atomic E-state index is 0.206. The minimum Gasteiger partial charge on any atom is -0.412 e. The van der Waals surface area contributed by atoms with Crippen molar-refractivity contribution in [2.24, 2.45) is 0 Å². The molecule has 3 nitrogen and oxygen atoms in total. The van der Waals surface area contributed by atoms with Gasteiger partial charge in [0.2, 0.25) is 0 Å². The van der Waals surface area contributed by atoms with E-state index in [-0.39, 0.29) is 17.2 Å². The van der Waals surface area contributed by atoms with Crippen LogP contribution in [0.15, 0.2) is 30.3 Å². The molecule has 0 aromatic heterocycles. The van der Waals surface area contributed by atoms with Crippen molar-refractivity contribution in [1.29, 1.82) is 0 Å². The molecule has 1 aromatic carbocycles. The van der Waals surface area contributed by atoms with Gasteiger partial charge in [0.15, 0.2) is 8.32 Å². The Morgan fingerprint density at radius 3 is 2.39 bits per heavy atom. The average Bonchev–Trinajstić information content (AvgIpc) is 2.49. The normalized spacial score (nSPS) is 23.0. The van der Waals surface area contributed by atoms with Crippen LogP contribution in [0.2, 0.25) is 18.1 Å². The lowest BCUT2D eigenvalue weighted by Gasteiger charge is -2.41. The first-order chi connectivity index (χ1) is 10.8. The van der Waals surface area contributed by atoms with Gasteiger partial charge in [0.25, 0.3) is 0 Å². The minimum atomic E-state index is -1.70. The second-order valence-corrected chi connectivity index (χ2v) is 12.8. The predicted octanol–water partition coefficient (Wildman–Crippen LogP) is 4.77. The first-order valence-electron chi connectivity index (χ1n) is 8.69. The third-order valence-electron chi connectivity index (χ3n) is 5.01. The molecule has 23 heavy (non-hydrogen) atoms. The molecule has 0 spiro atoms. The highest BCUT2D eigenvalue weighted by Crippen LogP contribution is 2.38. The van der Waals surface area contributed by atoms with E-state index in [4.69, 9.17) is 13.9 Å². The zero-order valence-electron chi connectivity index (χ0n) is 15.3. The van der Waals surface area contributed by atoms with Crippen molar-refractivity contribution in [2.75, 3.05) is 13.2 Å². The van der Waals surface area contributed by atoms with E-state index in [1.54, 1.807) is 0 Å². The zero-order valence-corrected chi connectivity index (χ0v) is 16.3. The standard InChI is InChI=1S/C19H32O3Si/c1-19(2,3)23(4,5)22-18-12-11-17(21-15-18)14-20-13-16-9-7-6-8-10-16/h6-10,17-18H,11-15H2,1-5H3/t17-,18+/m0/s1. The summed E-state index contributed by atoms with van der Waals surface area (Å²) in [5, 5.41) is 0.253. The van der Waals surface area contributed by atoms with Crippen LogP contribution in [0.3, 0.4) is 0 Å². The monoisotopic (exact) mass is 336 g/mol. The molecular formula is C19H32O3Si.